The molecule has 0 aromatic carbocycles. The second-order valence-electron chi connectivity index (χ2n) is 5.15. The van der Waals surface area contributed by atoms with Crippen LogP contribution in [0.15, 0.2) is 10.7 Å². The van der Waals surface area contributed by atoms with Crippen molar-refractivity contribution in [2.75, 3.05) is 5.73 Å². The predicted octanol–water partition coefficient (Wildman–Crippen LogP) is 2.62. The monoisotopic (exact) mass is 293 g/mol. The summed E-state index contributed by atoms with van der Waals surface area (Å²) in [7, 11) is 1.79. The van der Waals surface area contributed by atoms with Crippen molar-refractivity contribution in [2.45, 2.75) is 43.1 Å². The van der Waals surface area contributed by atoms with Crippen LogP contribution in [0, 0.1) is 0 Å². The first kappa shape index (κ1) is 13.5. The summed E-state index contributed by atoms with van der Waals surface area (Å²) in [5.74, 6) is 2.53. The molecule has 2 heterocycles. The molecule has 7 heteroatoms. The molecule has 6 nitrogen and oxygen atoms in total. The van der Waals surface area contributed by atoms with Crippen molar-refractivity contribution in [2.24, 2.45) is 7.05 Å². The van der Waals surface area contributed by atoms with Gasteiger partial charge in [-0.05, 0) is 12.8 Å². The van der Waals surface area contributed by atoms with Gasteiger partial charge < -0.3 is 10.3 Å². The number of aromatic nitrogens is 4. The Morgan fingerprint density at radius 3 is 2.90 bits per heavy atom. The lowest BCUT2D eigenvalue weighted by atomic mass is 10.0. The molecule has 0 unspecified atom stereocenters. The Hall–Kier alpha value is -1.50. The van der Waals surface area contributed by atoms with E-state index < -0.39 is 0 Å². The lowest BCUT2D eigenvalue weighted by Gasteiger charge is -2.19. The van der Waals surface area contributed by atoms with Crippen molar-refractivity contribution in [3.05, 3.63) is 12.0 Å². The maximum absolute atomic E-state index is 5.90. The third kappa shape index (κ3) is 2.82. The van der Waals surface area contributed by atoms with Crippen LogP contribution in [0.1, 0.15) is 37.9 Å². The average molecular weight is 293 g/mol. The van der Waals surface area contributed by atoms with Crippen molar-refractivity contribution in [1.82, 2.24) is 19.9 Å². The zero-order chi connectivity index (χ0) is 13.9. The highest BCUT2D eigenvalue weighted by atomic mass is 32.2. The quantitative estimate of drug-likeness (QED) is 0.933. The molecule has 0 amide bonds. The second-order valence-corrected chi connectivity index (χ2v) is 6.44. The fourth-order valence-electron chi connectivity index (χ4n) is 2.46. The van der Waals surface area contributed by atoms with Crippen LogP contribution < -0.4 is 5.73 Å². The molecular formula is C13H19N5OS. The van der Waals surface area contributed by atoms with E-state index in [1.807, 2.05) is 11.8 Å². The largest absolute Gasteiger partial charge is 0.383 e. The van der Waals surface area contributed by atoms with Crippen molar-refractivity contribution < 1.29 is 4.52 Å². The number of hydrogen-bond donors (Lipinski definition) is 1. The van der Waals surface area contributed by atoms with Crippen molar-refractivity contribution >= 4 is 17.6 Å². The Morgan fingerprint density at radius 2 is 2.20 bits per heavy atom. The van der Waals surface area contributed by atoms with Crippen molar-refractivity contribution in [1.29, 1.82) is 0 Å². The smallest absolute Gasteiger partial charge is 0.263 e. The molecule has 108 valence electrons. The number of nitrogens with zero attached hydrogens (tertiary/aromatic N) is 4. The van der Waals surface area contributed by atoms with Crippen LogP contribution in [0.4, 0.5) is 5.82 Å². The predicted molar refractivity (Wildman–Crippen MR) is 79.1 cm³/mol. The van der Waals surface area contributed by atoms with Gasteiger partial charge in [-0.1, -0.05) is 24.4 Å². The van der Waals surface area contributed by atoms with Gasteiger partial charge in [-0.2, -0.15) is 21.8 Å². The lowest BCUT2D eigenvalue weighted by Crippen LogP contribution is -2.08. The molecule has 0 saturated heterocycles. The van der Waals surface area contributed by atoms with E-state index in [0.29, 0.717) is 17.3 Å². The van der Waals surface area contributed by atoms with Gasteiger partial charge in [0.15, 0.2) is 5.82 Å². The second kappa shape index (κ2) is 5.87. The maximum Gasteiger partial charge on any atom is 0.263 e. The zero-order valence-corrected chi connectivity index (χ0v) is 12.4. The summed E-state index contributed by atoms with van der Waals surface area (Å²) in [6.07, 6.45) is 8.35. The van der Waals surface area contributed by atoms with Crippen LogP contribution in [-0.2, 0) is 12.8 Å². The number of thioether (sulfide) groups is 1. The third-order valence-electron chi connectivity index (χ3n) is 3.68. The number of rotatable bonds is 4. The van der Waals surface area contributed by atoms with Gasteiger partial charge >= 0.3 is 0 Å². The van der Waals surface area contributed by atoms with E-state index >= 15 is 0 Å². The van der Waals surface area contributed by atoms with Gasteiger partial charge in [0.2, 0.25) is 0 Å². The molecule has 0 atom stereocenters. The van der Waals surface area contributed by atoms with Gasteiger partial charge in [0.25, 0.3) is 5.89 Å². The molecule has 3 rings (SSSR count). The Labute approximate surface area is 122 Å². The van der Waals surface area contributed by atoms with E-state index in [1.54, 1.807) is 17.9 Å². The molecular weight excluding hydrogens is 274 g/mol. The van der Waals surface area contributed by atoms with Gasteiger partial charge in [-0.3, -0.25) is 4.68 Å². The Morgan fingerprint density at radius 1 is 1.40 bits per heavy atom. The first-order valence-corrected chi connectivity index (χ1v) is 8.01. The molecule has 1 aliphatic rings. The van der Waals surface area contributed by atoms with E-state index in [-0.39, 0.29) is 0 Å². The molecule has 1 saturated carbocycles. The minimum absolute atomic E-state index is 0.454. The summed E-state index contributed by atoms with van der Waals surface area (Å²) in [6.45, 7) is 0. The molecule has 0 spiro atoms. The number of hydrogen-bond acceptors (Lipinski definition) is 6. The summed E-state index contributed by atoms with van der Waals surface area (Å²) in [5, 5.41) is 8.85. The molecule has 2 aromatic rings. The molecule has 0 bridgehead atoms. The minimum atomic E-state index is 0.454. The van der Waals surface area contributed by atoms with Crippen LogP contribution in [0.3, 0.4) is 0 Å². The highest BCUT2D eigenvalue weighted by molar-refractivity contribution is 7.99. The van der Waals surface area contributed by atoms with Crippen LogP contribution >= 0.6 is 11.8 Å². The molecule has 2 aromatic heterocycles. The fraction of sp³-hybridized carbons (Fsp3) is 0.615. The van der Waals surface area contributed by atoms with Gasteiger partial charge in [-0.15, -0.1) is 0 Å². The summed E-state index contributed by atoms with van der Waals surface area (Å²) in [6, 6.07) is 0. The van der Waals surface area contributed by atoms with E-state index in [1.165, 1.54) is 32.1 Å². The molecule has 0 radical (unpaired) electrons. The van der Waals surface area contributed by atoms with Gasteiger partial charge in [0, 0.05) is 12.3 Å². The zero-order valence-electron chi connectivity index (χ0n) is 11.6. The summed E-state index contributed by atoms with van der Waals surface area (Å²) >= 11 is 1.93. The lowest BCUT2D eigenvalue weighted by molar-refractivity contribution is 0.425. The molecule has 1 aliphatic carbocycles. The van der Waals surface area contributed by atoms with Crippen LogP contribution in [0.25, 0.3) is 11.5 Å². The standard InChI is InChI=1S/C13H19N5OS/c1-18-12(14)10(7-15-18)13-16-11(17-19-13)8-20-9-5-3-2-4-6-9/h7,9H,2-6,8,14H2,1H3. The van der Waals surface area contributed by atoms with E-state index in [0.717, 1.165) is 16.8 Å². The fourth-order valence-corrected chi connectivity index (χ4v) is 3.63. The van der Waals surface area contributed by atoms with Crippen molar-refractivity contribution in [3.8, 4) is 11.5 Å². The summed E-state index contributed by atoms with van der Waals surface area (Å²) < 4.78 is 6.87. The Bertz CT molecular complexity index is 573. The summed E-state index contributed by atoms with van der Waals surface area (Å²) in [4.78, 5) is 4.41. The summed E-state index contributed by atoms with van der Waals surface area (Å²) in [5.41, 5.74) is 6.60. The molecule has 2 N–H and O–H groups in total. The Balaban J connectivity index is 1.63. The third-order valence-corrected chi connectivity index (χ3v) is 5.05. The van der Waals surface area contributed by atoms with E-state index in [2.05, 4.69) is 15.2 Å². The number of anilines is 1. The van der Waals surface area contributed by atoms with Crippen molar-refractivity contribution in [3.63, 3.8) is 0 Å². The average Bonchev–Trinajstić information content (AvgIpc) is 3.06. The minimum Gasteiger partial charge on any atom is -0.383 e. The van der Waals surface area contributed by atoms with Crippen LogP contribution in [-0.4, -0.2) is 25.2 Å². The van der Waals surface area contributed by atoms with E-state index in [4.69, 9.17) is 10.3 Å². The molecule has 20 heavy (non-hydrogen) atoms. The van der Waals surface area contributed by atoms with Crippen LogP contribution in [0.5, 0.6) is 0 Å². The SMILES string of the molecule is Cn1ncc(-c2nc(CSC3CCCCC3)no2)c1N. The molecule has 1 fully saturated rings. The topological polar surface area (TPSA) is 82.8 Å². The normalized spacial score (nSPS) is 16.6. The van der Waals surface area contributed by atoms with Gasteiger partial charge in [-0.25, -0.2) is 0 Å². The van der Waals surface area contributed by atoms with E-state index in [9.17, 15) is 0 Å². The van der Waals surface area contributed by atoms with Gasteiger partial charge in [0.1, 0.15) is 11.4 Å². The Kier molecular flexibility index (Phi) is 3.95. The highest BCUT2D eigenvalue weighted by Gasteiger charge is 2.17. The highest BCUT2D eigenvalue weighted by Crippen LogP contribution is 2.30. The maximum atomic E-state index is 5.90. The van der Waals surface area contributed by atoms with Gasteiger partial charge in [0.05, 0.1) is 11.9 Å². The number of nitrogen functional groups attached to an aromatic ring is 1. The van der Waals surface area contributed by atoms with Crippen LogP contribution in [0.2, 0.25) is 0 Å². The number of aryl methyl sites for hydroxylation is 1. The first-order chi connectivity index (χ1) is 9.74. The number of nitrogens with two attached hydrogens (primary N) is 1. The molecule has 0 aliphatic heterocycles. The first-order valence-electron chi connectivity index (χ1n) is 6.96.